The summed E-state index contributed by atoms with van der Waals surface area (Å²) in [5.41, 5.74) is 1.30. The van der Waals surface area contributed by atoms with Crippen LogP contribution in [-0.4, -0.2) is 41.6 Å². The van der Waals surface area contributed by atoms with Crippen LogP contribution in [0.25, 0.3) is 11.1 Å². The molecule has 0 aliphatic carbocycles. The van der Waals surface area contributed by atoms with E-state index in [0.717, 1.165) is 31.7 Å². The number of aromatic nitrogens is 1. The summed E-state index contributed by atoms with van der Waals surface area (Å²) in [6, 6.07) is 7.28. The van der Waals surface area contributed by atoms with Crippen LogP contribution in [0.15, 0.2) is 33.5 Å². The van der Waals surface area contributed by atoms with Gasteiger partial charge < -0.3 is 14.6 Å². The Bertz CT molecular complexity index is 749. The number of oxazole rings is 1. The Morgan fingerprint density at radius 1 is 1.38 bits per heavy atom. The number of para-hydroxylation sites is 2. The molecule has 1 unspecified atom stereocenters. The molecule has 3 rings (SSSR count). The Hall–Kier alpha value is -2.08. The highest BCUT2D eigenvalue weighted by Crippen LogP contribution is 2.15. The molecule has 0 bridgehead atoms. The van der Waals surface area contributed by atoms with Gasteiger partial charge in [-0.2, -0.15) is 0 Å². The molecule has 1 aliphatic heterocycles. The number of piperidine rings is 1. The molecule has 2 aromatic rings. The average molecular weight is 331 g/mol. The fraction of sp³-hybridized carbons (Fsp3) is 0.556. The number of benzene rings is 1. The zero-order chi connectivity index (χ0) is 16.9. The van der Waals surface area contributed by atoms with E-state index in [1.54, 1.807) is 6.07 Å². The predicted molar refractivity (Wildman–Crippen MR) is 92.9 cm³/mol. The van der Waals surface area contributed by atoms with Crippen molar-refractivity contribution in [2.45, 2.75) is 32.7 Å². The van der Waals surface area contributed by atoms with Crippen molar-refractivity contribution < 1.29 is 9.21 Å². The van der Waals surface area contributed by atoms with Gasteiger partial charge in [0.1, 0.15) is 0 Å². The second-order valence-corrected chi connectivity index (χ2v) is 6.44. The third kappa shape index (κ3) is 3.87. The van der Waals surface area contributed by atoms with Gasteiger partial charge in [0, 0.05) is 26.1 Å². The lowest BCUT2D eigenvalue weighted by Crippen LogP contribution is -2.40. The molecule has 24 heavy (non-hydrogen) atoms. The molecule has 6 heteroatoms. The van der Waals surface area contributed by atoms with E-state index in [9.17, 15) is 9.59 Å². The number of carbonyl (C=O) groups excluding carboxylic acids is 1. The molecule has 1 aliphatic rings. The maximum Gasteiger partial charge on any atom is 0.419 e. The quantitative estimate of drug-likeness (QED) is 0.877. The van der Waals surface area contributed by atoms with Gasteiger partial charge in [-0.1, -0.05) is 19.1 Å². The van der Waals surface area contributed by atoms with Crippen LogP contribution in [0.2, 0.25) is 0 Å². The highest BCUT2D eigenvalue weighted by Gasteiger charge is 2.19. The minimum Gasteiger partial charge on any atom is -0.408 e. The van der Waals surface area contributed by atoms with E-state index in [1.807, 2.05) is 18.2 Å². The van der Waals surface area contributed by atoms with Crippen molar-refractivity contribution >= 4 is 17.0 Å². The number of rotatable bonds is 6. The molecular formula is C18H25N3O3. The Balaban J connectivity index is 1.50. The molecule has 1 amide bonds. The van der Waals surface area contributed by atoms with Crippen LogP contribution in [0.1, 0.15) is 26.2 Å². The number of amides is 1. The van der Waals surface area contributed by atoms with Gasteiger partial charge in [0.2, 0.25) is 5.91 Å². The molecular weight excluding hydrogens is 306 g/mol. The maximum absolute atomic E-state index is 12.1. The van der Waals surface area contributed by atoms with Gasteiger partial charge in [0.05, 0.1) is 5.52 Å². The summed E-state index contributed by atoms with van der Waals surface area (Å²) >= 11 is 0. The Labute approximate surface area is 141 Å². The summed E-state index contributed by atoms with van der Waals surface area (Å²) < 4.78 is 6.70. The van der Waals surface area contributed by atoms with Crippen molar-refractivity contribution in [1.82, 2.24) is 14.8 Å². The summed E-state index contributed by atoms with van der Waals surface area (Å²) in [6.45, 7) is 6.53. The number of aryl methyl sites for hydroxylation is 1. The van der Waals surface area contributed by atoms with Crippen molar-refractivity contribution in [1.29, 1.82) is 0 Å². The molecule has 1 saturated heterocycles. The summed E-state index contributed by atoms with van der Waals surface area (Å²) in [7, 11) is 0. The topological polar surface area (TPSA) is 67.5 Å². The zero-order valence-corrected chi connectivity index (χ0v) is 14.2. The average Bonchev–Trinajstić information content (AvgIpc) is 2.93. The molecule has 1 atom stereocenters. The van der Waals surface area contributed by atoms with E-state index in [-0.39, 0.29) is 12.3 Å². The monoisotopic (exact) mass is 331 g/mol. The number of carbonyl (C=O) groups is 1. The van der Waals surface area contributed by atoms with Crippen LogP contribution in [0, 0.1) is 5.92 Å². The number of nitrogens with zero attached hydrogens (tertiary/aromatic N) is 2. The molecule has 0 radical (unpaired) electrons. The standard InChI is InChI=1S/C18H25N3O3/c1-2-20-10-5-6-14(13-20)12-19-17(22)9-11-21-15-7-3-4-8-16(15)24-18(21)23/h3-4,7-8,14H,2,5-6,9-13H2,1H3,(H,19,22). The molecule has 130 valence electrons. The molecule has 6 nitrogen and oxygen atoms in total. The Morgan fingerprint density at radius 3 is 3.04 bits per heavy atom. The highest BCUT2D eigenvalue weighted by molar-refractivity contribution is 5.76. The lowest BCUT2D eigenvalue weighted by Gasteiger charge is -2.31. The van der Waals surface area contributed by atoms with Gasteiger partial charge in [-0.05, 0) is 44.0 Å². The predicted octanol–water partition coefficient (Wildman–Crippen LogP) is 1.83. The van der Waals surface area contributed by atoms with Crippen molar-refractivity contribution in [2.24, 2.45) is 5.92 Å². The lowest BCUT2D eigenvalue weighted by atomic mass is 9.98. The first kappa shape index (κ1) is 16.8. The van der Waals surface area contributed by atoms with Gasteiger partial charge in [-0.15, -0.1) is 0 Å². The number of nitrogens with one attached hydrogen (secondary N) is 1. The lowest BCUT2D eigenvalue weighted by molar-refractivity contribution is -0.121. The third-order valence-corrected chi connectivity index (χ3v) is 4.77. The number of fused-ring (bicyclic) bond motifs is 1. The minimum atomic E-state index is -0.408. The third-order valence-electron chi connectivity index (χ3n) is 4.77. The molecule has 2 heterocycles. The Morgan fingerprint density at radius 2 is 2.21 bits per heavy atom. The van der Waals surface area contributed by atoms with E-state index < -0.39 is 5.76 Å². The summed E-state index contributed by atoms with van der Waals surface area (Å²) in [4.78, 5) is 26.4. The summed E-state index contributed by atoms with van der Waals surface area (Å²) in [5, 5.41) is 3.02. The molecule has 0 saturated carbocycles. The Kier molecular flexibility index (Phi) is 5.35. The van der Waals surface area contributed by atoms with E-state index in [1.165, 1.54) is 17.4 Å². The summed E-state index contributed by atoms with van der Waals surface area (Å²) in [6.07, 6.45) is 2.65. The van der Waals surface area contributed by atoms with E-state index in [2.05, 4.69) is 17.1 Å². The SMILES string of the molecule is CCN1CCCC(CNC(=O)CCn2c(=O)oc3ccccc32)C1. The molecule has 1 aromatic heterocycles. The van der Waals surface area contributed by atoms with Crippen LogP contribution >= 0.6 is 0 Å². The van der Waals surface area contributed by atoms with E-state index in [4.69, 9.17) is 4.42 Å². The van der Waals surface area contributed by atoms with E-state index >= 15 is 0 Å². The largest absolute Gasteiger partial charge is 0.419 e. The zero-order valence-electron chi connectivity index (χ0n) is 14.2. The molecule has 1 fully saturated rings. The first-order valence-corrected chi connectivity index (χ1v) is 8.74. The van der Waals surface area contributed by atoms with Crippen LogP contribution in [0.3, 0.4) is 0 Å². The minimum absolute atomic E-state index is 0.0131. The molecule has 1 N–H and O–H groups in total. The maximum atomic E-state index is 12.1. The number of hydrogen-bond acceptors (Lipinski definition) is 4. The van der Waals surface area contributed by atoms with Gasteiger partial charge in [-0.25, -0.2) is 4.79 Å². The van der Waals surface area contributed by atoms with Crippen molar-refractivity contribution in [3.63, 3.8) is 0 Å². The molecule has 1 aromatic carbocycles. The fourth-order valence-corrected chi connectivity index (χ4v) is 3.39. The first-order chi connectivity index (χ1) is 11.7. The smallest absolute Gasteiger partial charge is 0.408 e. The van der Waals surface area contributed by atoms with Crippen LogP contribution < -0.4 is 11.1 Å². The highest BCUT2D eigenvalue weighted by atomic mass is 16.4. The fourth-order valence-electron chi connectivity index (χ4n) is 3.39. The first-order valence-electron chi connectivity index (χ1n) is 8.74. The second kappa shape index (κ2) is 7.66. The van der Waals surface area contributed by atoms with Crippen LogP contribution in [-0.2, 0) is 11.3 Å². The van der Waals surface area contributed by atoms with E-state index in [0.29, 0.717) is 18.0 Å². The number of likely N-dealkylation sites (tertiary alicyclic amines) is 1. The van der Waals surface area contributed by atoms with Gasteiger partial charge >= 0.3 is 5.76 Å². The normalized spacial score (nSPS) is 18.8. The van der Waals surface area contributed by atoms with Gasteiger partial charge in [-0.3, -0.25) is 9.36 Å². The van der Waals surface area contributed by atoms with Gasteiger partial charge in [0.25, 0.3) is 0 Å². The molecule has 0 spiro atoms. The number of hydrogen-bond donors (Lipinski definition) is 1. The van der Waals surface area contributed by atoms with Crippen molar-refractivity contribution in [3.05, 3.63) is 34.8 Å². The van der Waals surface area contributed by atoms with Crippen LogP contribution in [0.5, 0.6) is 0 Å². The van der Waals surface area contributed by atoms with Crippen molar-refractivity contribution in [3.8, 4) is 0 Å². The second-order valence-electron chi connectivity index (χ2n) is 6.44. The summed E-state index contributed by atoms with van der Waals surface area (Å²) in [5.74, 6) is 0.107. The van der Waals surface area contributed by atoms with Gasteiger partial charge in [0.15, 0.2) is 5.58 Å². The van der Waals surface area contributed by atoms with Crippen molar-refractivity contribution in [2.75, 3.05) is 26.2 Å². The van der Waals surface area contributed by atoms with Crippen LogP contribution in [0.4, 0.5) is 0 Å².